The molecule has 98 valence electrons. The molecule has 1 aliphatic heterocycles. The average Bonchev–Trinajstić information content (AvgIpc) is 2.28. The van der Waals surface area contributed by atoms with Crippen molar-refractivity contribution in [3.8, 4) is 0 Å². The summed E-state index contributed by atoms with van der Waals surface area (Å²) in [7, 11) is 0. The molecule has 0 unspecified atom stereocenters. The summed E-state index contributed by atoms with van der Waals surface area (Å²) in [5.41, 5.74) is 5.08. The van der Waals surface area contributed by atoms with Gasteiger partial charge in [-0.15, -0.1) is 0 Å². The van der Waals surface area contributed by atoms with Crippen molar-refractivity contribution in [1.82, 2.24) is 9.97 Å². The van der Waals surface area contributed by atoms with E-state index in [-0.39, 0.29) is 22.2 Å². The summed E-state index contributed by atoms with van der Waals surface area (Å²) in [5, 5.41) is 2.72. The number of carbonyl (C=O) groups is 1. The standard InChI is InChI=1S/C10H12Cl2N4O2/c11-6-5-7(16-9(12)14-6)15-8(17)10(13)1-3-18-4-2-10/h5H,1-4,13H2,(H,14,15,16,17). The highest BCUT2D eigenvalue weighted by atomic mass is 35.5. The van der Waals surface area contributed by atoms with Crippen molar-refractivity contribution in [2.24, 2.45) is 5.73 Å². The quantitative estimate of drug-likeness (QED) is 0.632. The number of nitrogens with two attached hydrogens (primary N) is 1. The number of nitrogens with zero attached hydrogens (tertiary/aromatic N) is 2. The fourth-order valence-corrected chi connectivity index (χ4v) is 2.07. The van der Waals surface area contributed by atoms with Crippen LogP contribution in [0.3, 0.4) is 0 Å². The molecule has 3 N–H and O–H groups in total. The molecule has 1 aliphatic rings. The van der Waals surface area contributed by atoms with Crippen LogP contribution in [-0.4, -0.2) is 34.6 Å². The van der Waals surface area contributed by atoms with E-state index in [4.69, 9.17) is 33.7 Å². The average molecular weight is 291 g/mol. The Morgan fingerprint density at radius 2 is 2.06 bits per heavy atom. The number of nitrogens with one attached hydrogen (secondary N) is 1. The minimum Gasteiger partial charge on any atom is -0.381 e. The Morgan fingerprint density at radius 1 is 1.39 bits per heavy atom. The maximum Gasteiger partial charge on any atom is 0.245 e. The van der Waals surface area contributed by atoms with Gasteiger partial charge in [-0.25, -0.2) is 9.97 Å². The Hall–Kier alpha value is -0.950. The molecule has 1 fully saturated rings. The lowest BCUT2D eigenvalue weighted by Crippen LogP contribution is -2.54. The SMILES string of the molecule is NC1(C(=O)Nc2cc(Cl)nc(Cl)n2)CCOCC1. The molecule has 0 saturated carbocycles. The molecule has 0 aliphatic carbocycles. The molecule has 0 aromatic carbocycles. The number of ether oxygens (including phenoxy) is 1. The van der Waals surface area contributed by atoms with Crippen molar-refractivity contribution in [3.05, 3.63) is 16.5 Å². The van der Waals surface area contributed by atoms with Crippen molar-refractivity contribution in [2.75, 3.05) is 18.5 Å². The van der Waals surface area contributed by atoms with Crippen LogP contribution in [0.2, 0.25) is 10.4 Å². The fraction of sp³-hybridized carbons (Fsp3) is 0.500. The minimum atomic E-state index is -0.942. The fourth-order valence-electron chi connectivity index (χ4n) is 1.66. The van der Waals surface area contributed by atoms with Gasteiger partial charge in [0.25, 0.3) is 0 Å². The van der Waals surface area contributed by atoms with Gasteiger partial charge in [0, 0.05) is 19.3 Å². The molecule has 1 aromatic rings. The monoisotopic (exact) mass is 290 g/mol. The van der Waals surface area contributed by atoms with Crippen LogP contribution in [0.5, 0.6) is 0 Å². The normalized spacial score (nSPS) is 18.4. The molecule has 1 saturated heterocycles. The number of hydrogen-bond acceptors (Lipinski definition) is 5. The van der Waals surface area contributed by atoms with Gasteiger partial charge in [0.05, 0.1) is 0 Å². The van der Waals surface area contributed by atoms with Crippen LogP contribution in [0.1, 0.15) is 12.8 Å². The highest BCUT2D eigenvalue weighted by Crippen LogP contribution is 2.21. The summed E-state index contributed by atoms with van der Waals surface area (Å²) in [6.45, 7) is 0.935. The van der Waals surface area contributed by atoms with Gasteiger partial charge in [0.2, 0.25) is 11.2 Å². The largest absolute Gasteiger partial charge is 0.381 e. The highest BCUT2D eigenvalue weighted by molar-refractivity contribution is 6.32. The molecule has 0 bridgehead atoms. The molecule has 18 heavy (non-hydrogen) atoms. The number of aromatic nitrogens is 2. The Balaban J connectivity index is 2.10. The van der Waals surface area contributed by atoms with Gasteiger partial charge in [0.15, 0.2) is 0 Å². The topological polar surface area (TPSA) is 90.1 Å². The highest BCUT2D eigenvalue weighted by Gasteiger charge is 2.36. The Morgan fingerprint density at radius 3 is 2.67 bits per heavy atom. The van der Waals surface area contributed by atoms with Crippen LogP contribution in [0.4, 0.5) is 5.82 Å². The summed E-state index contributed by atoms with van der Waals surface area (Å²) in [6, 6.07) is 1.41. The molecule has 0 spiro atoms. The zero-order chi connectivity index (χ0) is 13.2. The summed E-state index contributed by atoms with van der Waals surface area (Å²) in [6.07, 6.45) is 0.927. The van der Waals surface area contributed by atoms with E-state index in [1.54, 1.807) is 0 Å². The predicted molar refractivity (Wildman–Crippen MR) is 67.7 cm³/mol. The van der Waals surface area contributed by atoms with Crippen molar-refractivity contribution < 1.29 is 9.53 Å². The first-order valence-corrected chi connectivity index (χ1v) is 6.13. The van der Waals surface area contributed by atoms with Gasteiger partial charge in [-0.1, -0.05) is 11.6 Å². The van der Waals surface area contributed by atoms with Crippen LogP contribution in [0.25, 0.3) is 0 Å². The Labute approximate surface area is 114 Å². The molecular formula is C10H12Cl2N4O2. The van der Waals surface area contributed by atoms with Gasteiger partial charge in [0.1, 0.15) is 16.5 Å². The van der Waals surface area contributed by atoms with Crippen molar-refractivity contribution >= 4 is 34.9 Å². The van der Waals surface area contributed by atoms with Gasteiger partial charge >= 0.3 is 0 Å². The van der Waals surface area contributed by atoms with E-state index in [2.05, 4.69) is 15.3 Å². The number of halogens is 2. The van der Waals surface area contributed by atoms with Crippen LogP contribution in [0.15, 0.2) is 6.07 Å². The van der Waals surface area contributed by atoms with Crippen LogP contribution in [-0.2, 0) is 9.53 Å². The first kappa shape index (κ1) is 13.5. The van der Waals surface area contributed by atoms with E-state index < -0.39 is 5.54 Å². The Kier molecular flexibility index (Phi) is 4.01. The summed E-state index contributed by atoms with van der Waals surface area (Å²) in [5.74, 6) is -0.0852. The van der Waals surface area contributed by atoms with Crippen LogP contribution < -0.4 is 11.1 Å². The first-order valence-electron chi connectivity index (χ1n) is 5.38. The molecule has 0 radical (unpaired) electrons. The van der Waals surface area contributed by atoms with Gasteiger partial charge in [-0.05, 0) is 24.4 Å². The molecular weight excluding hydrogens is 279 g/mol. The second-order valence-electron chi connectivity index (χ2n) is 4.07. The van der Waals surface area contributed by atoms with Crippen molar-refractivity contribution in [1.29, 1.82) is 0 Å². The number of hydrogen-bond donors (Lipinski definition) is 2. The second kappa shape index (κ2) is 5.36. The number of anilines is 1. The molecule has 1 amide bonds. The van der Waals surface area contributed by atoms with Crippen molar-refractivity contribution in [3.63, 3.8) is 0 Å². The van der Waals surface area contributed by atoms with E-state index in [9.17, 15) is 4.79 Å². The zero-order valence-corrected chi connectivity index (χ0v) is 11.0. The second-order valence-corrected chi connectivity index (χ2v) is 4.79. The number of rotatable bonds is 2. The molecule has 2 rings (SSSR count). The van der Waals surface area contributed by atoms with Crippen LogP contribution in [0, 0.1) is 0 Å². The maximum absolute atomic E-state index is 12.1. The third-order valence-corrected chi connectivity index (χ3v) is 3.11. The number of amides is 1. The maximum atomic E-state index is 12.1. The Bertz CT molecular complexity index is 443. The molecule has 1 aromatic heterocycles. The molecule has 6 nitrogen and oxygen atoms in total. The summed E-state index contributed by atoms with van der Waals surface area (Å²) >= 11 is 11.4. The lowest BCUT2D eigenvalue weighted by molar-refractivity contribution is -0.124. The minimum absolute atomic E-state index is 0.0316. The first-order chi connectivity index (χ1) is 8.49. The van der Waals surface area contributed by atoms with E-state index in [1.165, 1.54) is 6.07 Å². The zero-order valence-electron chi connectivity index (χ0n) is 9.45. The van der Waals surface area contributed by atoms with E-state index in [1.807, 2.05) is 0 Å². The third kappa shape index (κ3) is 3.08. The lowest BCUT2D eigenvalue weighted by Gasteiger charge is -2.31. The summed E-state index contributed by atoms with van der Waals surface area (Å²) < 4.78 is 5.18. The number of carbonyl (C=O) groups excluding carboxylic acids is 1. The molecule has 8 heteroatoms. The van der Waals surface area contributed by atoms with Gasteiger partial charge < -0.3 is 15.8 Å². The molecule has 0 atom stereocenters. The van der Waals surface area contributed by atoms with E-state index in [0.717, 1.165) is 0 Å². The van der Waals surface area contributed by atoms with Crippen LogP contribution >= 0.6 is 23.2 Å². The third-order valence-electron chi connectivity index (χ3n) is 2.75. The van der Waals surface area contributed by atoms with Gasteiger partial charge in [-0.2, -0.15) is 0 Å². The summed E-state index contributed by atoms with van der Waals surface area (Å²) in [4.78, 5) is 19.6. The van der Waals surface area contributed by atoms with Gasteiger partial charge in [-0.3, -0.25) is 4.79 Å². The lowest BCUT2D eigenvalue weighted by atomic mass is 9.90. The van der Waals surface area contributed by atoms with E-state index >= 15 is 0 Å². The molecule has 2 heterocycles. The smallest absolute Gasteiger partial charge is 0.245 e. The van der Waals surface area contributed by atoms with E-state index in [0.29, 0.717) is 26.1 Å². The predicted octanol–water partition coefficient (Wildman–Crippen LogP) is 1.23. The van der Waals surface area contributed by atoms with Crippen molar-refractivity contribution in [2.45, 2.75) is 18.4 Å².